The van der Waals surface area contributed by atoms with E-state index >= 15 is 0 Å². The molecule has 0 bridgehead atoms. The first-order chi connectivity index (χ1) is 9.19. The van der Waals surface area contributed by atoms with Gasteiger partial charge < -0.3 is 9.73 Å². The fraction of sp³-hybridized carbons (Fsp3) is 0.200. The predicted octanol–water partition coefficient (Wildman–Crippen LogP) is 4.87. The smallest absolute Gasteiger partial charge is 0.148 e. The Hall–Kier alpha value is -1.10. The molecule has 1 N–H and O–H groups in total. The highest BCUT2D eigenvalue weighted by Crippen LogP contribution is 2.33. The summed E-state index contributed by atoms with van der Waals surface area (Å²) in [7, 11) is 1.96. The fourth-order valence-corrected chi connectivity index (χ4v) is 3.47. The molecule has 1 atom stereocenters. The van der Waals surface area contributed by atoms with Crippen molar-refractivity contribution >= 4 is 38.2 Å². The van der Waals surface area contributed by atoms with Crippen molar-refractivity contribution in [2.75, 3.05) is 7.05 Å². The van der Waals surface area contributed by atoms with Crippen molar-refractivity contribution in [2.24, 2.45) is 0 Å². The zero-order valence-electron chi connectivity index (χ0n) is 10.7. The summed E-state index contributed by atoms with van der Waals surface area (Å²) in [6.45, 7) is 2.12. The van der Waals surface area contributed by atoms with Crippen LogP contribution in [0.15, 0.2) is 44.6 Å². The van der Waals surface area contributed by atoms with Gasteiger partial charge in [-0.1, -0.05) is 12.1 Å². The number of para-hydroxylation sites is 1. The Kier molecular flexibility index (Phi) is 3.48. The van der Waals surface area contributed by atoms with E-state index in [-0.39, 0.29) is 6.04 Å². The molecule has 19 heavy (non-hydrogen) atoms. The van der Waals surface area contributed by atoms with E-state index in [0.717, 1.165) is 21.2 Å². The Balaban J connectivity index is 2.09. The Morgan fingerprint density at radius 1 is 1.32 bits per heavy atom. The van der Waals surface area contributed by atoms with E-state index in [0.29, 0.717) is 0 Å². The lowest BCUT2D eigenvalue weighted by Gasteiger charge is -2.11. The van der Waals surface area contributed by atoms with Gasteiger partial charge in [0.15, 0.2) is 0 Å². The lowest BCUT2D eigenvalue weighted by atomic mass is 10.1. The van der Waals surface area contributed by atoms with E-state index in [4.69, 9.17) is 4.42 Å². The highest BCUT2D eigenvalue weighted by atomic mass is 79.9. The average Bonchev–Trinajstić information content (AvgIpc) is 2.98. The number of thiophene rings is 1. The lowest BCUT2D eigenvalue weighted by molar-refractivity contribution is 0.491. The van der Waals surface area contributed by atoms with Gasteiger partial charge in [-0.2, -0.15) is 0 Å². The topological polar surface area (TPSA) is 25.2 Å². The standard InChI is InChI=1S/C15H14BrNOS/c1-9-6-11(8-19-9)14(17-2)13-7-10-4-3-5-12(16)15(10)18-13/h3-8,14,17H,1-2H3. The third kappa shape index (κ3) is 2.36. The Bertz CT molecular complexity index is 716. The van der Waals surface area contributed by atoms with E-state index in [1.54, 1.807) is 11.3 Å². The maximum atomic E-state index is 6.01. The van der Waals surface area contributed by atoms with Crippen molar-refractivity contribution < 1.29 is 4.42 Å². The number of rotatable bonds is 3. The first kappa shape index (κ1) is 12.9. The summed E-state index contributed by atoms with van der Waals surface area (Å²) in [5.74, 6) is 0.946. The molecule has 0 saturated carbocycles. The molecule has 0 aliphatic rings. The van der Waals surface area contributed by atoms with Crippen LogP contribution in [-0.4, -0.2) is 7.05 Å². The summed E-state index contributed by atoms with van der Waals surface area (Å²) < 4.78 is 7.00. The van der Waals surface area contributed by atoms with E-state index in [9.17, 15) is 0 Å². The normalized spacial score (nSPS) is 13.0. The van der Waals surface area contributed by atoms with Crippen LogP contribution in [0.5, 0.6) is 0 Å². The number of halogens is 1. The van der Waals surface area contributed by atoms with Gasteiger partial charge in [-0.3, -0.25) is 0 Å². The fourth-order valence-electron chi connectivity index (χ4n) is 2.28. The van der Waals surface area contributed by atoms with Crippen molar-refractivity contribution in [1.29, 1.82) is 0 Å². The van der Waals surface area contributed by atoms with E-state index in [1.165, 1.54) is 10.4 Å². The molecular weight excluding hydrogens is 322 g/mol. The van der Waals surface area contributed by atoms with Gasteiger partial charge in [0.25, 0.3) is 0 Å². The summed E-state index contributed by atoms with van der Waals surface area (Å²) in [5.41, 5.74) is 2.16. The molecule has 1 unspecified atom stereocenters. The van der Waals surface area contributed by atoms with Crippen molar-refractivity contribution in [3.63, 3.8) is 0 Å². The number of fused-ring (bicyclic) bond motifs is 1. The third-order valence-electron chi connectivity index (χ3n) is 3.17. The monoisotopic (exact) mass is 335 g/mol. The highest BCUT2D eigenvalue weighted by molar-refractivity contribution is 9.10. The quantitative estimate of drug-likeness (QED) is 0.738. The molecular formula is C15H14BrNOS. The number of aryl methyl sites for hydroxylation is 1. The van der Waals surface area contributed by atoms with Crippen LogP contribution in [0, 0.1) is 6.92 Å². The van der Waals surface area contributed by atoms with E-state index in [1.807, 2.05) is 19.2 Å². The largest absolute Gasteiger partial charge is 0.458 e. The molecule has 0 spiro atoms. The second-order valence-electron chi connectivity index (χ2n) is 4.52. The molecule has 3 rings (SSSR count). The minimum Gasteiger partial charge on any atom is -0.458 e. The van der Waals surface area contributed by atoms with Crippen LogP contribution in [0.3, 0.4) is 0 Å². The minimum atomic E-state index is 0.101. The van der Waals surface area contributed by atoms with Crippen molar-refractivity contribution in [1.82, 2.24) is 5.32 Å². The van der Waals surface area contributed by atoms with Crippen LogP contribution in [0.25, 0.3) is 11.0 Å². The molecule has 0 fully saturated rings. The van der Waals surface area contributed by atoms with Crippen molar-refractivity contribution in [3.8, 4) is 0 Å². The molecule has 0 amide bonds. The Labute approximate surface area is 124 Å². The average molecular weight is 336 g/mol. The molecule has 1 aromatic carbocycles. The molecule has 0 aliphatic carbocycles. The first-order valence-corrected chi connectivity index (χ1v) is 7.76. The van der Waals surface area contributed by atoms with Gasteiger partial charge in [0.2, 0.25) is 0 Å². The number of hydrogen-bond donors (Lipinski definition) is 1. The second-order valence-corrected chi connectivity index (χ2v) is 6.49. The van der Waals surface area contributed by atoms with Gasteiger partial charge >= 0.3 is 0 Å². The highest BCUT2D eigenvalue weighted by Gasteiger charge is 2.18. The van der Waals surface area contributed by atoms with Gasteiger partial charge in [-0.05, 0) is 59.0 Å². The summed E-state index contributed by atoms with van der Waals surface area (Å²) in [6.07, 6.45) is 0. The zero-order valence-corrected chi connectivity index (χ0v) is 13.1. The molecule has 2 nitrogen and oxygen atoms in total. The molecule has 0 saturated heterocycles. The van der Waals surface area contributed by atoms with Crippen molar-refractivity contribution in [2.45, 2.75) is 13.0 Å². The van der Waals surface area contributed by atoms with Crippen LogP contribution in [0.4, 0.5) is 0 Å². The molecule has 98 valence electrons. The molecule has 0 radical (unpaired) electrons. The number of benzene rings is 1. The molecule has 2 heterocycles. The van der Waals surface area contributed by atoms with Crippen LogP contribution < -0.4 is 5.32 Å². The Morgan fingerprint density at radius 2 is 2.16 bits per heavy atom. The third-order valence-corrected chi connectivity index (χ3v) is 4.68. The van der Waals surface area contributed by atoms with E-state index in [2.05, 4.69) is 51.7 Å². The van der Waals surface area contributed by atoms with E-state index < -0.39 is 0 Å². The second kappa shape index (κ2) is 5.12. The number of furan rings is 1. The van der Waals surface area contributed by atoms with Gasteiger partial charge in [-0.15, -0.1) is 11.3 Å². The predicted molar refractivity (Wildman–Crippen MR) is 83.9 cm³/mol. The number of nitrogens with one attached hydrogen (secondary N) is 1. The van der Waals surface area contributed by atoms with Gasteiger partial charge in [0.05, 0.1) is 10.5 Å². The zero-order chi connectivity index (χ0) is 13.4. The maximum Gasteiger partial charge on any atom is 0.148 e. The van der Waals surface area contributed by atoms with Gasteiger partial charge in [0, 0.05) is 10.3 Å². The summed E-state index contributed by atoms with van der Waals surface area (Å²) >= 11 is 5.29. The summed E-state index contributed by atoms with van der Waals surface area (Å²) in [5, 5.41) is 6.63. The Morgan fingerprint density at radius 3 is 2.79 bits per heavy atom. The van der Waals surface area contributed by atoms with Crippen LogP contribution >= 0.6 is 27.3 Å². The lowest BCUT2D eigenvalue weighted by Crippen LogP contribution is -2.16. The summed E-state index contributed by atoms with van der Waals surface area (Å²) in [6, 6.07) is 10.5. The van der Waals surface area contributed by atoms with Crippen LogP contribution in [0.1, 0.15) is 22.2 Å². The van der Waals surface area contributed by atoms with Gasteiger partial charge in [0.1, 0.15) is 11.3 Å². The number of hydrogen-bond acceptors (Lipinski definition) is 3. The first-order valence-electron chi connectivity index (χ1n) is 6.09. The van der Waals surface area contributed by atoms with Crippen molar-refractivity contribution in [3.05, 3.63) is 56.4 Å². The molecule has 2 aromatic heterocycles. The molecule has 4 heteroatoms. The molecule has 0 aliphatic heterocycles. The maximum absolute atomic E-state index is 6.01. The SMILES string of the molecule is CNC(c1csc(C)c1)c1cc2cccc(Br)c2o1. The van der Waals surface area contributed by atoms with Crippen LogP contribution in [0.2, 0.25) is 0 Å². The summed E-state index contributed by atoms with van der Waals surface area (Å²) in [4.78, 5) is 1.31. The van der Waals surface area contributed by atoms with Crippen LogP contribution in [-0.2, 0) is 0 Å². The minimum absolute atomic E-state index is 0.101. The molecule has 3 aromatic rings. The van der Waals surface area contributed by atoms with Gasteiger partial charge in [-0.25, -0.2) is 0 Å².